The Bertz CT molecular complexity index is 376. The molecule has 0 spiro atoms. The first-order valence-corrected chi connectivity index (χ1v) is 8.31. The summed E-state index contributed by atoms with van der Waals surface area (Å²) < 4.78 is 0. The predicted molar refractivity (Wildman–Crippen MR) is 92.6 cm³/mol. The first-order valence-electron chi connectivity index (χ1n) is 8.31. The van der Waals surface area contributed by atoms with Gasteiger partial charge in [0, 0.05) is 26.2 Å². The highest BCUT2D eigenvalue weighted by molar-refractivity contribution is 5.23. The van der Waals surface area contributed by atoms with Crippen LogP contribution in [-0.2, 0) is 13.1 Å². The van der Waals surface area contributed by atoms with Gasteiger partial charge in [-0.15, -0.1) is 0 Å². The van der Waals surface area contributed by atoms with Crippen molar-refractivity contribution in [3.8, 4) is 0 Å². The Morgan fingerprint density at radius 1 is 0.952 bits per heavy atom. The largest absolute Gasteiger partial charge is 0.313 e. The molecule has 3 nitrogen and oxygen atoms in total. The van der Waals surface area contributed by atoms with E-state index < -0.39 is 0 Å². The lowest BCUT2D eigenvalue weighted by molar-refractivity contribution is 0.234. The van der Waals surface area contributed by atoms with Crippen LogP contribution in [0, 0.1) is 0 Å². The Morgan fingerprint density at radius 3 is 2.38 bits per heavy atom. The third kappa shape index (κ3) is 8.20. The molecular weight excluding hydrogens is 258 g/mol. The summed E-state index contributed by atoms with van der Waals surface area (Å²) in [5, 5.41) is 3.48. The van der Waals surface area contributed by atoms with Crippen LogP contribution in [0.4, 0.5) is 0 Å². The third-order valence-electron chi connectivity index (χ3n) is 3.56. The Labute approximate surface area is 131 Å². The second-order valence-corrected chi connectivity index (χ2v) is 6.08. The van der Waals surface area contributed by atoms with Crippen LogP contribution in [0.3, 0.4) is 0 Å². The van der Waals surface area contributed by atoms with E-state index in [1.165, 1.54) is 30.5 Å². The average Bonchev–Trinajstić information content (AvgIpc) is 2.46. The number of hydrogen-bond donors (Lipinski definition) is 1. The number of nitrogens with one attached hydrogen (secondary N) is 1. The van der Waals surface area contributed by atoms with Gasteiger partial charge in [-0.05, 0) is 51.2 Å². The van der Waals surface area contributed by atoms with Crippen molar-refractivity contribution in [3.05, 3.63) is 35.4 Å². The predicted octanol–water partition coefficient (Wildman–Crippen LogP) is 2.96. The topological polar surface area (TPSA) is 18.5 Å². The Hall–Kier alpha value is -0.900. The second kappa shape index (κ2) is 10.8. The van der Waals surface area contributed by atoms with Crippen LogP contribution in [0.2, 0.25) is 0 Å². The fourth-order valence-electron chi connectivity index (χ4n) is 2.43. The molecule has 0 aromatic heterocycles. The van der Waals surface area contributed by atoms with Crippen molar-refractivity contribution >= 4 is 0 Å². The van der Waals surface area contributed by atoms with Crippen LogP contribution in [0.25, 0.3) is 0 Å². The van der Waals surface area contributed by atoms with Gasteiger partial charge in [0.15, 0.2) is 0 Å². The summed E-state index contributed by atoms with van der Waals surface area (Å²) in [6, 6.07) is 9.01. The molecule has 0 amide bonds. The minimum atomic E-state index is 0.979. The van der Waals surface area contributed by atoms with Crippen molar-refractivity contribution in [2.75, 3.05) is 40.3 Å². The van der Waals surface area contributed by atoms with E-state index >= 15 is 0 Å². The van der Waals surface area contributed by atoms with E-state index in [1.54, 1.807) is 0 Å². The van der Waals surface area contributed by atoms with Crippen LogP contribution in [-0.4, -0.2) is 50.1 Å². The SMILES string of the molecule is CCCNCc1cccc(CN(CCC)CCN(C)C)c1. The molecule has 21 heavy (non-hydrogen) atoms. The summed E-state index contributed by atoms with van der Waals surface area (Å²) in [4.78, 5) is 4.81. The van der Waals surface area contributed by atoms with E-state index in [9.17, 15) is 0 Å². The normalized spacial score (nSPS) is 11.5. The summed E-state index contributed by atoms with van der Waals surface area (Å²) in [7, 11) is 4.29. The zero-order chi connectivity index (χ0) is 15.5. The summed E-state index contributed by atoms with van der Waals surface area (Å²) >= 11 is 0. The average molecular weight is 291 g/mol. The molecule has 120 valence electrons. The van der Waals surface area contributed by atoms with Crippen LogP contribution in [0.5, 0.6) is 0 Å². The molecule has 0 saturated heterocycles. The van der Waals surface area contributed by atoms with Gasteiger partial charge in [0.2, 0.25) is 0 Å². The molecule has 0 aliphatic rings. The van der Waals surface area contributed by atoms with E-state index in [4.69, 9.17) is 0 Å². The van der Waals surface area contributed by atoms with Crippen molar-refractivity contribution in [1.82, 2.24) is 15.1 Å². The molecule has 0 radical (unpaired) electrons. The highest BCUT2D eigenvalue weighted by Crippen LogP contribution is 2.09. The molecule has 0 fully saturated rings. The molecule has 0 aliphatic heterocycles. The highest BCUT2D eigenvalue weighted by Gasteiger charge is 2.06. The van der Waals surface area contributed by atoms with Crippen molar-refractivity contribution in [3.63, 3.8) is 0 Å². The fourth-order valence-corrected chi connectivity index (χ4v) is 2.43. The Balaban J connectivity index is 2.54. The number of rotatable bonds is 11. The first-order chi connectivity index (χ1) is 10.2. The van der Waals surface area contributed by atoms with Crippen LogP contribution in [0.15, 0.2) is 24.3 Å². The maximum atomic E-state index is 3.48. The number of likely N-dealkylation sites (N-methyl/N-ethyl adjacent to an activating group) is 1. The minimum Gasteiger partial charge on any atom is -0.313 e. The quantitative estimate of drug-likeness (QED) is 0.632. The highest BCUT2D eigenvalue weighted by atomic mass is 15.2. The van der Waals surface area contributed by atoms with Crippen molar-refractivity contribution < 1.29 is 0 Å². The van der Waals surface area contributed by atoms with Crippen molar-refractivity contribution in [1.29, 1.82) is 0 Å². The molecule has 0 atom stereocenters. The smallest absolute Gasteiger partial charge is 0.0234 e. The lowest BCUT2D eigenvalue weighted by atomic mass is 10.1. The summed E-state index contributed by atoms with van der Waals surface area (Å²) in [6.07, 6.45) is 2.40. The summed E-state index contributed by atoms with van der Waals surface area (Å²) in [6.45, 7) is 11.0. The fraction of sp³-hybridized carbons (Fsp3) is 0.667. The van der Waals surface area contributed by atoms with Crippen LogP contribution in [0.1, 0.15) is 37.8 Å². The Kier molecular flexibility index (Phi) is 9.31. The zero-order valence-electron chi connectivity index (χ0n) is 14.4. The van der Waals surface area contributed by atoms with E-state index in [0.717, 1.165) is 32.7 Å². The van der Waals surface area contributed by atoms with E-state index in [2.05, 4.69) is 67.3 Å². The molecule has 0 unspecified atom stereocenters. The molecular formula is C18H33N3. The van der Waals surface area contributed by atoms with Gasteiger partial charge in [0.05, 0.1) is 0 Å². The molecule has 1 N–H and O–H groups in total. The minimum absolute atomic E-state index is 0.979. The van der Waals surface area contributed by atoms with Gasteiger partial charge in [-0.3, -0.25) is 4.90 Å². The third-order valence-corrected chi connectivity index (χ3v) is 3.56. The van der Waals surface area contributed by atoms with Gasteiger partial charge in [-0.25, -0.2) is 0 Å². The second-order valence-electron chi connectivity index (χ2n) is 6.08. The van der Waals surface area contributed by atoms with Gasteiger partial charge in [-0.2, -0.15) is 0 Å². The monoisotopic (exact) mass is 291 g/mol. The molecule has 1 aromatic rings. The Morgan fingerprint density at radius 2 is 1.71 bits per heavy atom. The van der Waals surface area contributed by atoms with Gasteiger partial charge in [0.25, 0.3) is 0 Å². The zero-order valence-corrected chi connectivity index (χ0v) is 14.4. The lowest BCUT2D eigenvalue weighted by Crippen LogP contribution is -2.32. The van der Waals surface area contributed by atoms with Gasteiger partial charge >= 0.3 is 0 Å². The number of benzene rings is 1. The van der Waals surface area contributed by atoms with Gasteiger partial charge in [0.1, 0.15) is 0 Å². The first kappa shape index (κ1) is 18.1. The number of hydrogen-bond acceptors (Lipinski definition) is 3. The maximum absolute atomic E-state index is 3.48. The molecule has 0 bridgehead atoms. The van der Waals surface area contributed by atoms with Crippen LogP contribution >= 0.6 is 0 Å². The molecule has 0 aliphatic carbocycles. The molecule has 0 saturated carbocycles. The molecule has 3 heteroatoms. The summed E-state index contributed by atoms with van der Waals surface area (Å²) in [5.74, 6) is 0. The van der Waals surface area contributed by atoms with Crippen molar-refractivity contribution in [2.24, 2.45) is 0 Å². The van der Waals surface area contributed by atoms with Crippen molar-refractivity contribution in [2.45, 2.75) is 39.8 Å². The molecule has 1 rings (SSSR count). The van der Waals surface area contributed by atoms with E-state index in [-0.39, 0.29) is 0 Å². The lowest BCUT2D eigenvalue weighted by Gasteiger charge is -2.24. The maximum Gasteiger partial charge on any atom is 0.0234 e. The van der Waals surface area contributed by atoms with Gasteiger partial charge < -0.3 is 10.2 Å². The molecule has 1 aromatic carbocycles. The van der Waals surface area contributed by atoms with E-state index in [0.29, 0.717) is 0 Å². The standard InChI is InChI=1S/C18H33N3/c1-5-10-19-15-17-8-7-9-18(14-17)16-21(11-6-2)13-12-20(3)4/h7-9,14,19H,5-6,10-13,15-16H2,1-4H3. The summed E-state index contributed by atoms with van der Waals surface area (Å²) in [5.41, 5.74) is 2.82. The van der Waals surface area contributed by atoms with Gasteiger partial charge in [-0.1, -0.05) is 38.1 Å². The molecule has 0 heterocycles. The van der Waals surface area contributed by atoms with E-state index in [1.807, 2.05) is 0 Å². The number of nitrogens with zero attached hydrogens (tertiary/aromatic N) is 2. The van der Waals surface area contributed by atoms with Crippen LogP contribution < -0.4 is 5.32 Å².